The number of anilines is 1. The molecule has 94 valence electrons. The van der Waals surface area contributed by atoms with Gasteiger partial charge in [0.1, 0.15) is 0 Å². The number of hydrogen-bond donors (Lipinski definition) is 1. The van der Waals surface area contributed by atoms with Crippen LogP contribution >= 0.6 is 23.2 Å². The van der Waals surface area contributed by atoms with Crippen LogP contribution in [0.25, 0.3) is 0 Å². The Morgan fingerprint density at radius 1 is 1.06 bits per heavy atom. The molecule has 0 aromatic carbocycles. The minimum atomic E-state index is 0.118. The Morgan fingerprint density at radius 3 is 2.35 bits per heavy atom. The molecule has 1 aromatic heterocycles. The Labute approximate surface area is 111 Å². The third-order valence-electron chi connectivity index (χ3n) is 2.71. The van der Waals surface area contributed by atoms with Gasteiger partial charge in [-0.1, -0.05) is 0 Å². The van der Waals surface area contributed by atoms with Gasteiger partial charge in [-0.25, -0.2) is 0 Å². The molecule has 1 fully saturated rings. The largest absolute Gasteiger partial charge is 0.354 e. The average molecular weight is 276 g/mol. The highest BCUT2D eigenvalue weighted by Crippen LogP contribution is 2.10. The van der Waals surface area contributed by atoms with E-state index >= 15 is 0 Å². The highest BCUT2D eigenvalue weighted by atomic mass is 35.5. The van der Waals surface area contributed by atoms with Gasteiger partial charge in [0.05, 0.1) is 0 Å². The fourth-order valence-electron chi connectivity index (χ4n) is 1.91. The lowest BCUT2D eigenvalue weighted by Crippen LogP contribution is -2.22. The van der Waals surface area contributed by atoms with Gasteiger partial charge in [0, 0.05) is 6.54 Å². The molecule has 0 bridgehead atoms. The lowest BCUT2D eigenvalue weighted by molar-refractivity contribution is 0.337. The summed E-state index contributed by atoms with van der Waals surface area (Å²) in [6.45, 7) is 4.37. The zero-order valence-electron chi connectivity index (χ0n) is 9.49. The highest BCUT2D eigenvalue weighted by Gasteiger charge is 2.10. The Morgan fingerprint density at radius 2 is 1.71 bits per heavy atom. The van der Waals surface area contributed by atoms with Crippen LogP contribution in [0.3, 0.4) is 0 Å². The van der Waals surface area contributed by atoms with Gasteiger partial charge in [-0.3, -0.25) is 0 Å². The zero-order chi connectivity index (χ0) is 12.1. The van der Waals surface area contributed by atoms with Crippen LogP contribution in [-0.2, 0) is 0 Å². The quantitative estimate of drug-likeness (QED) is 0.834. The molecule has 1 aromatic rings. The van der Waals surface area contributed by atoms with E-state index < -0.39 is 0 Å². The smallest absolute Gasteiger partial charge is 0.228 e. The second-order valence-electron chi connectivity index (χ2n) is 4.03. The molecule has 1 aliphatic rings. The number of nitrogens with zero attached hydrogens (tertiary/aromatic N) is 4. The van der Waals surface area contributed by atoms with Crippen LogP contribution in [-0.4, -0.2) is 46.0 Å². The predicted octanol–water partition coefficient (Wildman–Crippen LogP) is 2.08. The van der Waals surface area contributed by atoms with Crippen molar-refractivity contribution in [1.82, 2.24) is 19.9 Å². The van der Waals surface area contributed by atoms with Gasteiger partial charge in [0.2, 0.25) is 16.5 Å². The summed E-state index contributed by atoms with van der Waals surface area (Å²) in [6.07, 6.45) is 3.71. The number of hydrogen-bond acceptors (Lipinski definition) is 5. The Kier molecular flexibility index (Phi) is 4.76. The minimum absolute atomic E-state index is 0.118. The van der Waals surface area contributed by atoms with Crippen molar-refractivity contribution in [1.29, 1.82) is 0 Å². The first kappa shape index (κ1) is 12.8. The number of halogens is 2. The van der Waals surface area contributed by atoms with E-state index in [-0.39, 0.29) is 10.6 Å². The van der Waals surface area contributed by atoms with E-state index in [1.165, 1.54) is 25.9 Å². The van der Waals surface area contributed by atoms with Crippen LogP contribution in [0.1, 0.15) is 19.3 Å². The van der Waals surface area contributed by atoms with Crippen LogP contribution in [0.15, 0.2) is 0 Å². The van der Waals surface area contributed by atoms with Crippen LogP contribution in [0.5, 0.6) is 0 Å². The molecule has 5 nitrogen and oxygen atoms in total. The van der Waals surface area contributed by atoms with E-state index in [0.717, 1.165) is 19.5 Å². The molecule has 7 heteroatoms. The van der Waals surface area contributed by atoms with Crippen molar-refractivity contribution in [2.24, 2.45) is 0 Å². The lowest BCUT2D eigenvalue weighted by Gasteiger charge is -2.14. The molecule has 0 amide bonds. The first-order chi connectivity index (χ1) is 8.24. The van der Waals surface area contributed by atoms with Crippen molar-refractivity contribution in [3.63, 3.8) is 0 Å². The Hall–Kier alpha value is -0.650. The third-order valence-corrected chi connectivity index (χ3v) is 3.05. The van der Waals surface area contributed by atoms with Crippen molar-refractivity contribution < 1.29 is 0 Å². The molecule has 1 N–H and O–H groups in total. The molecule has 1 saturated heterocycles. The fourth-order valence-corrected chi connectivity index (χ4v) is 2.28. The predicted molar refractivity (Wildman–Crippen MR) is 68.6 cm³/mol. The summed E-state index contributed by atoms with van der Waals surface area (Å²) in [4.78, 5) is 14.0. The molecule has 0 spiro atoms. The molecule has 0 unspecified atom stereocenters. The fraction of sp³-hybridized carbons (Fsp3) is 0.700. The van der Waals surface area contributed by atoms with Crippen molar-refractivity contribution >= 4 is 29.2 Å². The normalized spacial score (nSPS) is 16.4. The Balaban J connectivity index is 1.70. The maximum absolute atomic E-state index is 5.67. The summed E-state index contributed by atoms with van der Waals surface area (Å²) < 4.78 is 0. The first-order valence-corrected chi connectivity index (χ1v) is 6.53. The van der Waals surface area contributed by atoms with Crippen molar-refractivity contribution in [3.8, 4) is 0 Å². The lowest BCUT2D eigenvalue weighted by atomic mass is 10.4. The summed E-state index contributed by atoms with van der Waals surface area (Å²) in [6, 6.07) is 0. The second kappa shape index (κ2) is 6.33. The Bertz CT molecular complexity index is 347. The topological polar surface area (TPSA) is 53.9 Å². The molecule has 17 heavy (non-hydrogen) atoms. The van der Waals surface area contributed by atoms with Gasteiger partial charge in [-0.2, -0.15) is 15.0 Å². The van der Waals surface area contributed by atoms with E-state index in [1.54, 1.807) is 0 Å². The number of rotatable bonds is 5. The van der Waals surface area contributed by atoms with Crippen molar-refractivity contribution in [2.75, 3.05) is 31.5 Å². The van der Waals surface area contributed by atoms with E-state index in [9.17, 15) is 0 Å². The molecule has 0 saturated carbocycles. The highest BCUT2D eigenvalue weighted by molar-refractivity contribution is 6.31. The van der Waals surface area contributed by atoms with Crippen molar-refractivity contribution in [3.05, 3.63) is 10.6 Å². The molecule has 0 radical (unpaired) electrons. The molecule has 0 atom stereocenters. The standard InChI is InChI=1S/C10H15Cl2N5/c11-8-14-9(12)16-10(15-8)13-4-3-7-17-5-1-2-6-17/h1-7H2,(H,13,14,15,16). The molecule has 1 aliphatic heterocycles. The van der Waals surface area contributed by atoms with Crippen molar-refractivity contribution in [2.45, 2.75) is 19.3 Å². The molecule has 2 rings (SSSR count). The van der Waals surface area contributed by atoms with Gasteiger partial charge in [0.25, 0.3) is 0 Å². The van der Waals surface area contributed by atoms with Gasteiger partial charge >= 0.3 is 0 Å². The number of likely N-dealkylation sites (tertiary alicyclic amines) is 1. The van der Waals surface area contributed by atoms with Crippen LogP contribution in [0, 0.1) is 0 Å². The molecular weight excluding hydrogens is 261 g/mol. The van der Waals surface area contributed by atoms with E-state index in [4.69, 9.17) is 23.2 Å². The van der Waals surface area contributed by atoms with Gasteiger partial charge in [0.15, 0.2) is 0 Å². The van der Waals surface area contributed by atoms with Gasteiger partial charge in [-0.15, -0.1) is 0 Å². The zero-order valence-corrected chi connectivity index (χ0v) is 11.0. The SMILES string of the molecule is Clc1nc(Cl)nc(NCCCN2CCCC2)n1. The second-order valence-corrected chi connectivity index (χ2v) is 4.70. The summed E-state index contributed by atoms with van der Waals surface area (Å²) in [7, 11) is 0. The number of aromatic nitrogens is 3. The minimum Gasteiger partial charge on any atom is -0.354 e. The molecular formula is C10H15Cl2N5. The average Bonchev–Trinajstić information content (AvgIpc) is 2.76. The van der Waals surface area contributed by atoms with E-state index in [0.29, 0.717) is 5.95 Å². The monoisotopic (exact) mass is 275 g/mol. The third kappa shape index (κ3) is 4.26. The van der Waals surface area contributed by atoms with Crippen LogP contribution in [0.2, 0.25) is 10.6 Å². The summed E-state index contributed by atoms with van der Waals surface area (Å²) in [5.74, 6) is 0.441. The van der Waals surface area contributed by atoms with Crippen LogP contribution < -0.4 is 5.32 Å². The first-order valence-electron chi connectivity index (χ1n) is 5.77. The summed E-state index contributed by atoms with van der Waals surface area (Å²) in [5, 5.41) is 3.33. The maximum atomic E-state index is 5.67. The molecule has 0 aliphatic carbocycles. The maximum Gasteiger partial charge on any atom is 0.228 e. The van der Waals surface area contributed by atoms with Crippen LogP contribution in [0.4, 0.5) is 5.95 Å². The molecule has 2 heterocycles. The van der Waals surface area contributed by atoms with Gasteiger partial charge < -0.3 is 10.2 Å². The number of nitrogens with one attached hydrogen (secondary N) is 1. The summed E-state index contributed by atoms with van der Waals surface area (Å²) in [5.41, 5.74) is 0. The van der Waals surface area contributed by atoms with E-state index in [2.05, 4.69) is 25.2 Å². The summed E-state index contributed by atoms with van der Waals surface area (Å²) >= 11 is 11.3. The van der Waals surface area contributed by atoms with Gasteiger partial charge in [-0.05, 0) is 62.1 Å². The van der Waals surface area contributed by atoms with E-state index in [1.807, 2.05) is 0 Å².